The molecule has 15 heteroatoms. The van der Waals surface area contributed by atoms with Gasteiger partial charge in [0, 0.05) is 17.5 Å². The number of hydrogen-bond acceptors (Lipinski definition) is 11. The molecule has 1 unspecified atom stereocenters. The van der Waals surface area contributed by atoms with Crippen molar-refractivity contribution in [3.63, 3.8) is 0 Å². The first-order chi connectivity index (χ1) is 18.7. The lowest BCUT2D eigenvalue weighted by Crippen LogP contribution is -2.73. The Balaban J connectivity index is 1.35. The summed E-state index contributed by atoms with van der Waals surface area (Å²) in [5.74, 6) is -3.01. The molecule has 3 aliphatic rings. The van der Waals surface area contributed by atoms with Gasteiger partial charge in [0.25, 0.3) is 17.7 Å². The number of aliphatic carboxylic acids is 1. The minimum atomic E-state index is -1.53. The van der Waals surface area contributed by atoms with Gasteiger partial charge in [-0.1, -0.05) is 12.1 Å². The molecule has 2 fully saturated rings. The number of para-hydroxylation sites is 2. The average molecular weight is 555 g/mol. The summed E-state index contributed by atoms with van der Waals surface area (Å²) in [6, 6.07) is 3.50. The van der Waals surface area contributed by atoms with E-state index < -0.39 is 41.6 Å². The van der Waals surface area contributed by atoms with E-state index in [1.807, 2.05) is 0 Å². The first-order valence-corrected chi connectivity index (χ1v) is 12.6. The summed E-state index contributed by atoms with van der Waals surface area (Å²) in [6.07, 6.45) is 1.64. The van der Waals surface area contributed by atoms with Gasteiger partial charge in [-0.2, -0.15) is 0 Å². The fourth-order valence-electron chi connectivity index (χ4n) is 4.71. The number of methoxy groups -OCH3 is 1. The van der Waals surface area contributed by atoms with Crippen molar-refractivity contribution in [3.05, 3.63) is 63.4 Å². The zero-order chi connectivity index (χ0) is 27.8. The Morgan fingerprint density at radius 1 is 1.36 bits per heavy atom. The van der Waals surface area contributed by atoms with Crippen LogP contribution in [0, 0.1) is 4.91 Å². The van der Waals surface area contributed by atoms with Crippen LogP contribution in [-0.2, 0) is 23.9 Å². The molecule has 39 heavy (non-hydrogen) atoms. The number of nitroso groups, excluding NO2 is 1. The van der Waals surface area contributed by atoms with Crippen LogP contribution in [0.2, 0.25) is 0 Å². The Morgan fingerprint density at radius 3 is 2.79 bits per heavy atom. The maximum absolute atomic E-state index is 13.1. The Labute approximate surface area is 224 Å². The highest BCUT2D eigenvalue weighted by atomic mass is 32.1. The smallest absolute Gasteiger partial charge is 0.356 e. The number of β-lactam (4-membered cyclic amide) rings is 1. The number of nitrogens with one attached hydrogen (secondary N) is 1. The van der Waals surface area contributed by atoms with E-state index in [0.29, 0.717) is 30.0 Å². The number of amides is 3. The van der Waals surface area contributed by atoms with E-state index in [1.165, 1.54) is 23.5 Å². The number of benzene rings is 1. The number of aromatic nitrogens is 1. The maximum Gasteiger partial charge on any atom is 0.356 e. The molecule has 202 valence electrons. The van der Waals surface area contributed by atoms with Crippen molar-refractivity contribution >= 4 is 45.8 Å². The molecule has 0 radical (unpaired) electrons. The van der Waals surface area contributed by atoms with Crippen LogP contribution in [0.4, 0.5) is 10.8 Å². The van der Waals surface area contributed by atoms with Crippen LogP contribution < -0.4 is 20.7 Å². The van der Waals surface area contributed by atoms with Crippen molar-refractivity contribution in [1.29, 1.82) is 0 Å². The summed E-state index contributed by atoms with van der Waals surface area (Å²) in [7, 11) is 1.50. The Kier molecular flexibility index (Phi) is 6.74. The number of fused-ring (bicyclic) bond motifs is 1. The van der Waals surface area contributed by atoms with E-state index >= 15 is 0 Å². The van der Waals surface area contributed by atoms with Gasteiger partial charge in [-0.15, -0.1) is 16.2 Å². The predicted octanol–water partition coefficient (Wildman–Crippen LogP) is 0.927. The van der Waals surface area contributed by atoms with Gasteiger partial charge in [0.1, 0.15) is 24.4 Å². The van der Waals surface area contributed by atoms with Crippen molar-refractivity contribution in [2.45, 2.75) is 24.5 Å². The lowest BCUT2D eigenvalue weighted by Gasteiger charge is -2.49. The largest absolute Gasteiger partial charge is 0.495 e. The van der Waals surface area contributed by atoms with E-state index in [1.54, 1.807) is 24.3 Å². The Bertz CT molecular complexity index is 1450. The van der Waals surface area contributed by atoms with Crippen molar-refractivity contribution in [2.75, 3.05) is 30.9 Å². The third kappa shape index (κ3) is 4.46. The topological polar surface area (TPSA) is 194 Å². The third-order valence-electron chi connectivity index (χ3n) is 6.58. The summed E-state index contributed by atoms with van der Waals surface area (Å²) in [5, 5.41) is 16.7. The third-order valence-corrected chi connectivity index (χ3v) is 7.28. The number of carboxylic acids is 1. The van der Waals surface area contributed by atoms with Crippen LogP contribution in [-0.4, -0.2) is 71.0 Å². The second-order valence-electron chi connectivity index (χ2n) is 8.76. The van der Waals surface area contributed by atoms with Crippen LogP contribution in [0.1, 0.15) is 18.2 Å². The zero-order valence-corrected chi connectivity index (χ0v) is 21.2. The van der Waals surface area contributed by atoms with Crippen LogP contribution in [0.5, 0.6) is 5.75 Å². The fourth-order valence-corrected chi connectivity index (χ4v) is 5.29. The van der Waals surface area contributed by atoms with Crippen molar-refractivity contribution in [3.8, 4) is 5.75 Å². The number of carboxylic acid groups (broad SMARTS) is 1. The van der Waals surface area contributed by atoms with Gasteiger partial charge in [-0.25, -0.2) is 9.78 Å². The molecule has 1 aromatic heterocycles. The molecule has 4 heterocycles. The van der Waals surface area contributed by atoms with Crippen molar-refractivity contribution < 1.29 is 33.8 Å². The number of nitrogen functional groups attached to an aromatic ring is 1. The highest BCUT2D eigenvalue weighted by molar-refractivity contribution is 7.13. The first-order valence-electron chi connectivity index (χ1n) is 11.7. The van der Waals surface area contributed by atoms with Gasteiger partial charge in [0.15, 0.2) is 16.6 Å². The van der Waals surface area contributed by atoms with E-state index in [9.17, 15) is 29.2 Å². The van der Waals surface area contributed by atoms with Crippen LogP contribution in [0.3, 0.4) is 0 Å². The number of hydrogen-bond donors (Lipinski definition) is 3. The summed E-state index contributed by atoms with van der Waals surface area (Å²) in [4.78, 5) is 68.6. The number of ether oxygens (including phenoxy) is 2. The minimum Gasteiger partial charge on any atom is -0.495 e. The summed E-state index contributed by atoms with van der Waals surface area (Å²) < 4.78 is 11.0. The highest BCUT2D eigenvalue weighted by Crippen LogP contribution is 2.36. The molecule has 1 aromatic carbocycles. The quantitative estimate of drug-likeness (QED) is 0.240. The lowest BCUT2D eigenvalue weighted by molar-refractivity contribution is -0.160. The van der Waals surface area contributed by atoms with Gasteiger partial charge in [-0.05, 0) is 29.8 Å². The molecule has 5 rings (SSSR count). The number of anilines is 2. The number of allylic oxidation sites excluding steroid dienone is 1. The zero-order valence-electron chi connectivity index (χ0n) is 20.4. The molecule has 3 atom stereocenters. The van der Waals surface area contributed by atoms with Gasteiger partial charge in [0.05, 0.1) is 18.5 Å². The van der Waals surface area contributed by atoms with Crippen LogP contribution in [0.15, 0.2) is 57.9 Å². The first kappa shape index (κ1) is 25.8. The molecule has 14 nitrogen and oxygen atoms in total. The molecule has 2 aromatic rings. The number of nitrogens with zero attached hydrogens (tertiary/aromatic N) is 4. The minimum absolute atomic E-state index is 0.0388. The molecule has 0 saturated carbocycles. The van der Waals surface area contributed by atoms with Gasteiger partial charge in [0.2, 0.25) is 6.04 Å². The summed E-state index contributed by atoms with van der Waals surface area (Å²) in [5.41, 5.74) is 6.02. The number of carbonyl (C=O) groups is 4. The van der Waals surface area contributed by atoms with E-state index in [2.05, 4.69) is 15.5 Å². The molecule has 0 spiro atoms. The standard InChI is InChI=1S/C24H22N6O8S/c1-37-15-5-3-2-4-13(15)29-7-6-11(21(29)32)8-16-19(23(34)35)30-14(9-38-16)18(22(30)33)27-20(31)17(28-36)12-10-39-24(25)26-12/h2-5,8,10,14,17-18H,6-7,9H2,1H3,(H2,25,26)(H,27,31)(H,34,35)/t14-,17?,18+/m1/s1. The van der Waals surface area contributed by atoms with Crippen LogP contribution >= 0.6 is 11.3 Å². The number of thiazole rings is 1. The lowest BCUT2D eigenvalue weighted by atomic mass is 9.92. The highest BCUT2D eigenvalue weighted by Gasteiger charge is 2.55. The van der Waals surface area contributed by atoms with Gasteiger partial charge in [-0.3, -0.25) is 19.3 Å². The molecule has 3 aliphatic heterocycles. The predicted molar refractivity (Wildman–Crippen MR) is 136 cm³/mol. The second kappa shape index (κ2) is 10.2. The molecular formula is C24H22N6O8S. The number of carbonyl (C=O) groups excluding carboxylic acids is 3. The van der Waals surface area contributed by atoms with Gasteiger partial charge < -0.3 is 30.5 Å². The SMILES string of the molecule is COc1ccccc1N1CCC(=CC2=C(C(=O)O)N3C(=O)[C@@H](NC(=O)C(N=O)c4csc(N)n4)[C@H]3CO2)C1=O. The maximum atomic E-state index is 13.1. The molecular weight excluding hydrogens is 532 g/mol. The Hall–Kier alpha value is -4.79. The number of rotatable bonds is 8. The summed E-state index contributed by atoms with van der Waals surface area (Å²) >= 11 is 1.02. The molecule has 0 aliphatic carbocycles. The van der Waals surface area contributed by atoms with Crippen molar-refractivity contribution in [2.24, 2.45) is 5.18 Å². The van der Waals surface area contributed by atoms with E-state index in [4.69, 9.17) is 15.2 Å². The summed E-state index contributed by atoms with van der Waals surface area (Å²) in [6.45, 7) is 0.191. The average Bonchev–Trinajstić information content (AvgIpc) is 3.52. The molecule has 3 amide bonds. The normalized spacial score (nSPS) is 22.2. The van der Waals surface area contributed by atoms with Gasteiger partial charge >= 0.3 is 5.97 Å². The molecule has 4 N–H and O–H groups in total. The van der Waals surface area contributed by atoms with E-state index in [0.717, 1.165) is 16.2 Å². The molecule has 0 bridgehead atoms. The molecule has 2 saturated heterocycles. The van der Waals surface area contributed by atoms with Crippen LogP contribution in [0.25, 0.3) is 0 Å². The van der Waals surface area contributed by atoms with E-state index in [-0.39, 0.29) is 29.1 Å². The second-order valence-corrected chi connectivity index (χ2v) is 9.65. The fraction of sp³-hybridized carbons (Fsp3) is 0.292. The number of nitrogens with two attached hydrogens (primary N) is 1. The Morgan fingerprint density at radius 2 is 2.13 bits per heavy atom. The van der Waals surface area contributed by atoms with Crippen molar-refractivity contribution in [1.82, 2.24) is 15.2 Å². The monoisotopic (exact) mass is 554 g/mol.